The van der Waals surface area contributed by atoms with E-state index in [1.54, 1.807) is 24.3 Å². The van der Waals surface area contributed by atoms with Gasteiger partial charge < -0.3 is 20.1 Å². The first-order valence-corrected chi connectivity index (χ1v) is 10.6. The van der Waals surface area contributed by atoms with Crippen molar-refractivity contribution in [2.45, 2.75) is 50.6 Å². The van der Waals surface area contributed by atoms with Crippen LogP contribution in [-0.2, 0) is 5.91 Å². The zero-order valence-corrected chi connectivity index (χ0v) is 17.2. The highest BCUT2D eigenvalue weighted by atomic mass is 16.5. The number of carbonyl (C=O) groups is 1. The van der Waals surface area contributed by atoms with Crippen molar-refractivity contribution in [1.82, 2.24) is 15.2 Å². The van der Waals surface area contributed by atoms with Gasteiger partial charge in [-0.2, -0.15) is 0 Å². The summed E-state index contributed by atoms with van der Waals surface area (Å²) in [6.45, 7) is 2.59. The van der Waals surface area contributed by atoms with Crippen molar-refractivity contribution in [3.8, 4) is 0 Å². The fourth-order valence-corrected chi connectivity index (χ4v) is 4.53. The topological polar surface area (TPSA) is 88.6 Å². The van der Waals surface area contributed by atoms with E-state index in [1.807, 2.05) is 48.2 Å². The molecule has 1 amide bonds. The highest BCUT2D eigenvalue weighted by Gasteiger charge is 2.34. The molecular formula is C24H29N3O3. The fourth-order valence-electron chi connectivity index (χ4n) is 4.53. The van der Waals surface area contributed by atoms with E-state index in [0.717, 1.165) is 30.2 Å². The fraction of sp³-hybridized carbons (Fsp3) is 0.375. The number of para-hydroxylation sites is 1. The molecule has 1 saturated carbocycles. The molecule has 6 nitrogen and oxygen atoms in total. The normalized spacial score (nSPS) is 19.7. The maximum Gasteiger partial charge on any atom is 0.270 e. The number of fused-ring (bicyclic) bond motifs is 1. The lowest BCUT2D eigenvalue weighted by Gasteiger charge is -2.39. The van der Waals surface area contributed by atoms with Crippen molar-refractivity contribution in [2.75, 3.05) is 6.54 Å². The molecule has 2 aromatic carbocycles. The third-order valence-electron chi connectivity index (χ3n) is 6.03. The Morgan fingerprint density at radius 3 is 2.60 bits per heavy atom. The summed E-state index contributed by atoms with van der Waals surface area (Å²) >= 11 is 0. The second-order valence-corrected chi connectivity index (χ2v) is 8.06. The van der Waals surface area contributed by atoms with Gasteiger partial charge in [0.05, 0.1) is 0 Å². The molecule has 0 bridgehead atoms. The van der Waals surface area contributed by atoms with E-state index in [0.29, 0.717) is 24.2 Å². The molecule has 1 fully saturated rings. The van der Waals surface area contributed by atoms with Crippen LogP contribution in [0.4, 0.5) is 0 Å². The number of benzene rings is 2. The van der Waals surface area contributed by atoms with Gasteiger partial charge in [0.25, 0.3) is 11.8 Å². The maximum absolute atomic E-state index is 13.2. The molecule has 4 N–H and O–H groups in total. The smallest absolute Gasteiger partial charge is 0.270 e. The van der Waals surface area contributed by atoms with Gasteiger partial charge in [-0.25, -0.2) is 0 Å². The average Bonchev–Trinajstić information content (AvgIpc) is 3.19. The van der Waals surface area contributed by atoms with Crippen LogP contribution >= 0.6 is 0 Å². The monoisotopic (exact) mass is 407 g/mol. The Morgan fingerprint density at radius 2 is 1.87 bits per heavy atom. The molecule has 2 unspecified atom stereocenters. The predicted octanol–water partition coefficient (Wildman–Crippen LogP) is 3.33. The largest absolute Gasteiger partial charge is 0.351 e. The van der Waals surface area contributed by atoms with Crippen molar-refractivity contribution in [1.29, 1.82) is 0 Å². The number of aliphatic hydroxyl groups is 2. The molecule has 6 heteroatoms. The van der Waals surface area contributed by atoms with Crippen LogP contribution in [0.5, 0.6) is 0 Å². The van der Waals surface area contributed by atoms with Gasteiger partial charge in [-0.3, -0.25) is 10.1 Å². The first kappa shape index (κ1) is 20.6. The Hall–Kier alpha value is -2.67. The third kappa shape index (κ3) is 4.26. The van der Waals surface area contributed by atoms with E-state index in [9.17, 15) is 15.0 Å². The van der Waals surface area contributed by atoms with E-state index in [-0.39, 0.29) is 18.0 Å². The molecule has 0 spiro atoms. The second kappa shape index (κ2) is 8.60. The number of carbonyl (C=O) groups excluding carboxylic acids is 1. The molecule has 0 radical (unpaired) electrons. The molecule has 158 valence electrons. The lowest BCUT2D eigenvalue weighted by Crippen LogP contribution is -2.53. The molecule has 1 heterocycles. The molecule has 1 aromatic heterocycles. The Kier molecular flexibility index (Phi) is 5.90. The summed E-state index contributed by atoms with van der Waals surface area (Å²) in [7, 11) is 0. The summed E-state index contributed by atoms with van der Waals surface area (Å²) in [6.07, 6.45) is 3.34. The van der Waals surface area contributed by atoms with Crippen LogP contribution in [0.3, 0.4) is 0 Å². The van der Waals surface area contributed by atoms with Gasteiger partial charge in [0, 0.05) is 35.1 Å². The number of hydrogen-bond acceptors (Lipinski definition) is 4. The van der Waals surface area contributed by atoms with Crippen LogP contribution in [0.15, 0.2) is 60.7 Å². The van der Waals surface area contributed by atoms with Crippen molar-refractivity contribution in [3.63, 3.8) is 0 Å². The molecule has 1 aliphatic rings. The number of nitrogens with one attached hydrogen (secondary N) is 2. The summed E-state index contributed by atoms with van der Waals surface area (Å²) in [5.74, 6) is -2.10. The van der Waals surface area contributed by atoms with Crippen LogP contribution in [0.2, 0.25) is 0 Å². The quantitative estimate of drug-likeness (QED) is 0.472. The Labute approximate surface area is 176 Å². The van der Waals surface area contributed by atoms with Crippen molar-refractivity contribution >= 4 is 16.8 Å². The summed E-state index contributed by atoms with van der Waals surface area (Å²) < 4.78 is 0. The second-order valence-electron chi connectivity index (χ2n) is 8.06. The van der Waals surface area contributed by atoms with E-state index in [2.05, 4.69) is 10.3 Å². The van der Waals surface area contributed by atoms with Gasteiger partial charge in [-0.05, 0) is 44.7 Å². The van der Waals surface area contributed by atoms with Crippen molar-refractivity contribution in [3.05, 3.63) is 71.9 Å². The number of aromatic nitrogens is 1. The van der Waals surface area contributed by atoms with Gasteiger partial charge in [0.2, 0.25) is 0 Å². The predicted molar refractivity (Wildman–Crippen MR) is 117 cm³/mol. The highest BCUT2D eigenvalue weighted by molar-refractivity contribution is 5.98. The first-order valence-electron chi connectivity index (χ1n) is 10.6. The SMILES string of the molecule is CCN(C(=O)c1cc2ccccc2[nH]1)C1CCCC(NC(O)(O)c2ccccc2)C1. The number of nitrogens with zero attached hydrogens (tertiary/aromatic N) is 1. The Morgan fingerprint density at radius 1 is 1.13 bits per heavy atom. The van der Waals surface area contributed by atoms with Crippen LogP contribution in [-0.4, -0.2) is 44.6 Å². The third-order valence-corrected chi connectivity index (χ3v) is 6.03. The zero-order chi connectivity index (χ0) is 21.1. The van der Waals surface area contributed by atoms with E-state index < -0.39 is 5.91 Å². The van der Waals surface area contributed by atoms with Crippen molar-refractivity contribution in [2.24, 2.45) is 0 Å². The van der Waals surface area contributed by atoms with E-state index in [4.69, 9.17) is 0 Å². The summed E-state index contributed by atoms with van der Waals surface area (Å²) in [5.41, 5.74) is 1.96. The number of aromatic amines is 1. The molecule has 0 aliphatic heterocycles. The van der Waals surface area contributed by atoms with Gasteiger partial charge in [-0.15, -0.1) is 0 Å². The number of amides is 1. The molecule has 2 atom stereocenters. The summed E-state index contributed by atoms with van der Waals surface area (Å²) in [5, 5.41) is 25.1. The number of H-pyrrole nitrogens is 1. The molecule has 1 aliphatic carbocycles. The molecular weight excluding hydrogens is 378 g/mol. The molecule has 30 heavy (non-hydrogen) atoms. The molecule has 0 saturated heterocycles. The highest BCUT2D eigenvalue weighted by Crippen LogP contribution is 2.27. The zero-order valence-electron chi connectivity index (χ0n) is 17.2. The Bertz CT molecular complexity index is 966. The van der Waals surface area contributed by atoms with Crippen LogP contribution in [0.25, 0.3) is 10.9 Å². The number of rotatable bonds is 6. The van der Waals surface area contributed by atoms with Gasteiger partial charge >= 0.3 is 0 Å². The van der Waals surface area contributed by atoms with Gasteiger partial charge in [0.15, 0.2) is 0 Å². The number of hydrogen-bond donors (Lipinski definition) is 4. The first-order chi connectivity index (χ1) is 14.5. The minimum Gasteiger partial charge on any atom is -0.351 e. The van der Waals surface area contributed by atoms with Crippen LogP contribution in [0, 0.1) is 0 Å². The van der Waals surface area contributed by atoms with Gasteiger partial charge in [-0.1, -0.05) is 48.5 Å². The van der Waals surface area contributed by atoms with Crippen LogP contribution in [0.1, 0.15) is 48.7 Å². The lowest BCUT2D eigenvalue weighted by atomic mass is 9.89. The minimum absolute atomic E-state index is 0.0123. The van der Waals surface area contributed by atoms with Gasteiger partial charge in [0.1, 0.15) is 5.69 Å². The molecule has 4 rings (SSSR count). The minimum atomic E-state index is -2.09. The van der Waals surface area contributed by atoms with E-state index in [1.165, 1.54) is 0 Å². The summed E-state index contributed by atoms with van der Waals surface area (Å²) in [4.78, 5) is 18.4. The lowest BCUT2D eigenvalue weighted by molar-refractivity contribution is -0.203. The van der Waals surface area contributed by atoms with Crippen LogP contribution < -0.4 is 5.32 Å². The van der Waals surface area contributed by atoms with E-state index >= 15 is 0 Å². The maximum atomic E-state index is 13.2. The summed E-state index contributed by atoms with van der Waals surface area (Å²) in [6, 6.07) is 18.5. The standard InChI is InChI=1S/C24H29N3O3/c1-2-27(23(28)22-15-17-9-6-7-14-21(17)25-22)20-13-8-12-19(16-20)26-24(29,30)18-10-4-3-5-11-18/h3-7,9-11,14-15,19-20,25-26,29-30H,2,8,12-13,16H2,1H3. The average molecular weight is 408 g/mol. The molecule has 3 aromatic rings. The van der Waals surface area contributed by atoms with Crippen molar-refractivity contribution < 1.29 is 15.0 Å². The Balaban J connectivity index is 1.47.